The van der Waals surface area contributed by atoms with E-state index >= 15 is 0 Å². The van der Waals surface area contributed by atoms with Gasteiger partial charge in [0.15, 0.2) is 0 Å². The van der Waals surface area contributed by atoms with Crippen LogP contribution in [0, 0.1) is 5.92 Å². The molecule has 2 atom stereocenters. The van der Waals surface area contributed by atoms with Crippen molar-refractivity contribution >= 4 is 23.2 Å². The van der Waals surface area contributed by atoms with Gasteiger partial charge in [0.1, 0.15) is 0 Å². The Morgan fingerprint density at radius 1 is 1.23 bits per heavy atom. The zero-order valence-corrected chi connectivity index (χ0v) is 16.5. The Hall–Kier alpha value is -1.44. The summed E-state index contributed by atoms with van der Waals surface area (Å²) in [5.74, 6) is 0.228. The second-order valence-corrected chi connectivity index (χ2v) is 8.17. The van der Waals surface area contributed by atoms with Gasteiger partial charge in [0, 0.05) is 50.6 Å². The Morgan fingerprint density at radius 3 is 2.54 bits per heavy atom. The molecule has 2 amide bonds. The van der Waals surface area contributed by atoms with E-state index in [-0.39, 0.29) is 29.9 Å². The predicted octanol–water partition coefficient (Wildman–Crippen LogP) is 1.83. The molecule has 0 spiro atoms. The highest BCUT2D eigenvalue weighted by Gasteiger charge is 2.28. The van der Waals surface area contributed by atoms with Gasteiger partial charge in [0.25, 0.3) is 5.91 Å². The second-order valence-electron chi connectivity index (χ2n) is 7.39. The van der Waals surface area contributed by atoms with Crippen molar-refractivity contribution in [3.63, 3.8) is 0 Å². The van der Waals surface area contributed by atoms with Gasteiger partial charge in [-0.2, -0.15) is 11.3 Å². The van der Waals surface area contributed by atoms with E-state index in [2.05, 4.69) is 24.1 Å². The molecule has 0 saturated carbocycles. The van der Waals surface area contributed by atoms with Gasteiger partial charge in [-0.15, -0.1) is 0 Å². The minimum Gasteiger partial charge on any atom is -0.373 e. The van der Waals surface area contributed by atoms with Gasteiger partial charge in [0.05, 0.1) is 17.8 Å². The summed E-state index contributed by atoms with van der Waals surface area (Å²) in [5, 5.41) is 6.88. The Labute approximate surface area is 159 Å². The normalized spacial score (nSPS) is 25.2. The van der Waals surface area contributed by atoms with Crippen molar-refractivity contribution in [1.82, 2.24) is 15.1 Å². The first-order chi connectivity index (χ1) is 12.5. The Morgan fingerprint density at radius 2 is 1.92 bits per heavy atom. The molecule has 0 aliphatic carbocycles. The molecule has 26 heavy (non-hydrogen) atoms. The molecule has 6 nitrogen and oxygen atoms in total. The molecule has 2 saturated heterocycles. The number of hydrogen-bond acceptors (Lipinski definition) is 5. The number of thiophene rings is 1. The lowest BCUT2D eigenvalue weighted by molar-refractivity contribution is -0.126. The van der Waals surface area contributed by atoms with Gasteiger partial charge in [-0.1, -0.05) is 0 Å². The molecule has 0 bridgehead atoms. The van der Waals surface area contributed by atoms with Crippen molar-refractivity contribution in [1.29, 1.82) is 0 Å². The van der Waals surface area contributed by atoms with Gasteiger partial charge >= 0.3 is 0 Å². The molecule has 0 aromatic carbocycles. The fourth-order valence-corrected chi connectivity index (χ4v) is 4.49. The van der Waals surface area contributed by atoms with E-state index in [9.17, 15) is 9.59 Å². The van der Waals surface area contributed by atoms with Crippen molar-refractivity contribution in [3.8, 4) is 0 Å². The van der Waals surface area contributed by atoms with Crippen LogP contribution in [-0.2, 0) is 9.53 Å². The van der Waals surface area contributed by atoms with E-state index in [0.29, 0.717) is 19.6 Å². The number of nitrogens with zero attached hydrogens (tertiary/aromatic N) is 2. The third-order valence-electron chi connectivity index (χ3n) is 5.14. The monoisotopic (exact) mass is 379 g/mol. The largest absolute Gasteiger partial charge is 0.373 e. The molecule has 7 heteroatoms. The van der Waals surface area contributed by atoms with Crippen LogP contribution in [0.4, 0.5) is 0 Å². The summed E-state index contributed by atoms with van der Waals surface area (Å²) in [4.78, 5) is 29.0. The summed E-state index contributed by atoms with van der Waals surface area (Å²) in [6.45, 7) is 8.87. The first-order valence-electron chi connectivity index (χ1n) is 9.50. The van der Waals surface area contributed by atoms with Crippen LogP contribution >= 0.6 is 11.3 Å². The third-order valence-corrected chi connectivity index (χ3v) is 5.83. The van der Waals surface area contributed by atoms with Crippen LogP contribution in [0.25, 0.3) is 0 Å². The first kappa shape index (κ1) is 19.3. The van der Waals surface area contributed by atoms with E-state index < -0.39 is 0 Å². The molecule has 2 aliphatic heterocycles. The fourth-order valence-electron chi connectivity index (χ4n) is 3.86. The van der Waals surface area contributed by atoms with Gasteiger partial charge in [-0.25, -0.2) is 0 Å². The summed E-state index contributed by atoms with van der Waals surface area (Å²) < 4.78 is 5.73. The molecule has 1 aromatic rings. The number of morpholine rings is 1. The third kappa shape index (κ3) is 5.05. The fraction of sp³-hybridized carbons (Fsp3) is 0.684. The van der Waals surface area contributed by atoms with E-state index in [4.69, 9.17) is 4.74 Å². The number of amides is 2. The van der Waals surface area contributed by atoms with Crippen LogP contribution in [0.15, 0.2) is 16.8 Å². The molecule has 1 N–H and O–H groups in total. The lowest BCUT2D eigenvalue weighted by Crippen LogP contribution is -2.48. The van der Waals surface area contributed by atoms with Crippen LogP contribution in [0.2, 0.25) is 0 Å². The van der Waals surface area contributed by atoms with Crippen LogP contribution in [0.1, 0.15) is 37.0 Å². The Balaban J connectivity index is 1.36. The summed E-state index contributed by atoms with van der Waals surface area (Å²) in [7, 11) is 0. The van der Waals surface area contributed by atoms with Crippen molar-refractivity contribution in [2.24, 2.45) is 5.92 Å². The molecule has 3 rings (SSSR count). The molecule has 3 heterocycles. The van der Waals surface area contributed by atoms with E-state index in [1.165, 1.54) is 11.3 Å². The van der Waals surface area contributed by atoms with Crippen molar-refractivity contribution in [2.45, 2.75) is 38.9 Å². The minimum absolute atomic E-state index is 0.0176. The molecule has 2 fully saturated rings. The van der Waals surface area contributed by atoms with Gasteiger partial charge in [-0.3, -0.25) is 14.5 Å². The summed E-state index contributed by atoms with van der Waals surface area (Å²) in [6, 6.07) is 1.86. The lowest BCUT2D eigenvalue weighted by atomic mass is 9.95. The van der Waals surface area contributed by atoms with Crippen molar-refractivity contribution in [3.05, 3.63) is 22.4 Å². The average Bonchev–Trinajstić information content (AvgIpc) is 3.15. The van der Waals surface area contributed by atoms with E-state index in [1.54, 1.807) is 0 Å². The average molecular weight is 380 g/mol. The van der Waals surface area contributed by atoms with Gasteiger partial charge in [-0.05, 0) is 38.1 Å². The second kappa shape index (κ2) is 8.97. The number of likely N-dealkylation sites (tertiary alicyclic amines) is 1. The molecular weight excluding hydrogens is 350 g/mol. The maximum absolute atomic E-state index is 12.4. The topological polar surface area (TPSA) is 61.9 Å². The van der Waals surface area contributed by atoms with Crippen molar-refractivity contribution < 1.29 is 14.3 Å². The predicted molar refractivity (Wildman–Crippen MR) is 102 cm³/mol. The van der Waals surface area contributed by atoms with E-state index in [1.807, 2.05) is 21.7 Å². The number of ether oxygens (including phenoxy) is 1. The SMILES string of the molecule is CC1CN(CCNC(=O)C2CCN(C(=O)c3ccsc3)CC2)CC(C)O1. The minimum atomic E-state index is 0.0176. The highest BCUT2D eigenvalue weighted by molar-refractivity contribution is 7.08. The Bertz CT molecular complexity index is 589. The van der Waals surface area contributed by atoms with Crippen LogP contribution in [0.5, 0.6) is 0 Å². The van der Waals surface area contributed by atoms with Crippen molar-refractivity contribution in [2.75, 3.05) is 39.3 Å². The first-order valence-corrected chi connectivity index (χ1v) is 10.4. The summed E-state index contributed by atoms with van der Waals surface area (Å²) >= 11 is 1.53. The highest BCUT2D eigenvalue weighted by Crippen LogP contribution is 2.20. The summed E-state index contributed by atoms with van der Waals surface area (Å²) in [6.07, 6.45) is 1.99. The lowest BCUT2D eigenvalue weighted by Gasteiger charge is -2.35. The highest BCUT2D eigenvalue weighted by atomic mass is 32.1. The molecular formula is C19H29N3O3S. The molecule has 0 radical (unpaired) electrons. The molecule has 2 aliphatic rings. The van der Waals surface area contributed by atoms with Crippen LogP contribution < -0.4 is 5.32 Å². The number of nitrogens with one attached hydrogen (secondary N) is 1. The summed E-state index contributed by atoms with van der Waals surface area (Å²) in [5.41, 5.74) is 0.756. The zero-order valence-electron chi connectivity index (χ0n) is 15.6. The van der Waals surface area contributed by atoms with Gasteiger partial charge < -0.3 is 15.0 Å². The van der Waals surface area contributed by atoms with Crippen LogP contribution in [0.3, 0.4) is 0 Å². The molecule has 1 aromatic heterocycles. The van der Waals surface area contributed by atoms with E-state index in [0.717, 1.165) is 38.0 Å². The smallest absolute Gasteiger partial charge is 0.254 e. The quantitative estimate of drug-likeness (QED) is 0.848. The number of carbonyl (C=O) groups is 2. The number of piperidine rings is 1. The standard InChI is InChI=1S/C19H29N3O3S/c1-14-11-21(12-15(2)25-14)9-6-20-18(23)16-3-7-22(8-4-16)19(24)17-5-10-26-13-17/h5,10,13-16H,3-4,6-9,11-12H2,1-2H3,(H,20,23). The Kier molecular flexibility index (Phi) is 6.67. The maximum Gasteiger partial charge on any atom is 0.254 e. The number of hydrogen-bond donors (Lipinski definition) is 1. The number of rotatable bonds is 5. The molecule has 2 unspecified atom stereocenters. The zero-order chi connectivity index (χ0) is 18.5. The molecule has 144 valence electrons. The number of carbonyl (C=O) groups excluding carboxylic acids is 2. The van der Waals surface area contributed by atoms with Gasteiger partial charge in [0.2, 0.25) is 5.91 Å². The van der Waals surface area contributed by atoms with Crippen LogP contribution in [-0.4, -0.2) is 73.1 Å². The maximum atomic E-state index is 12.4.